The van der Waals surface area contributed by atoms with E-state index in [0.29, 0.717) is 23.4 Å². The molecular weight excluding hydrogens is 274 g/mol. The van der Waals surface area contributed by atoms with Crippen molar-refractivity contribution in [2.75, 3.05) is 13.7 Å². The zero-order valence-corrected chi connectivity index (χ0v) is 12.7. The minimum Gasteiger partial charge on any atom is -0.491 e. The van der Waals surface area contributed by atoms with E-state index in [1.54, 1.807) is 7.11 Å². The molecule has 2 saturated carbocycles. The summed E-state index contributed by atoms with van der Waals surface area (Å²) in [6, 6.07) is 4.07. The van der Waals surface area contributed by atoms with Crippen LogP contribution < -0.4 is 15.2 Å². The van der Waals surface area contributed by atoms with Crippen LogP contribution >= 0.6 is 11.6 Å². The molecule has 0 amide bonds. The number of nitrogens with two attached hydrogens (primary N) is 1. The van der Waals surface area contributed by atoms with Crippen LogP contribution in [-0.4, -0.2) is 19.8 Å². The predicted octanol–water partition coefficient (Wildman–Crippen LogP) is 3.66. The zero-order valence-electron chi connectivity index (χ0n) is 12.0. The van der Waals surface area contributed by atoms with Crippen LogP contribution in [0.15, 0.2) is 12.1 Å². The molecule has 0 saturated heterocycles. The second-order valence-electron chi connectivity index (χ2n) is 6.00. The van der Waals surface area contributed by atoms with Gasteiger partial charge in [-0.25, -0.2) is 0 Å². The van der Waals surface area contributed by atoms with Gasteiger partial charge in [0.1, 0.15) is 0 Å². The van der Waals surface area contributed by atoms with Crippen LogP contribution in [0.1, 0.15) is 44.1 Å². The Bertz CT molecular complexity index is 493. The van der Waals surface area contributed by atoms with Gasteiger partial charge in [0, 0.05) is 12.0 Å². The topological polar surface area (TPSA) is 44.5 Å². The van der Waals surface area contributed by atoms with Crippen molar-refractivity contribution in [1.29, 1.82) is 0 Å². The molecule has 2 N–H and O–H groups in total. The van der Waals surface area contributed by atoms with Crippen molar-refractivity contribution >= 4 is 11.6 Å². The summed E-state index contributed by atoms with van der Waals surface area (Å²) in [6.07, 6.45) is 7.29. The first-order valence-corrected chi connectivity index (χ1v) is 7.81. The summed E-state index contributed by atoms with van der Waals surface area (Å²) in [5.74, 6) is 1.43. The van der Waals surface area contributed by atoms with Crippen molar-refractivity contribution in [3.63, 3.8) is 0 Å². The normalized spacial score (nSPS) is 20.9. The molecule has 2 aliphatic carbocycles. The molecule has 3 rings (SSSR count). The maximum atomic E-state index is 6.37. The van der Waals surface area contributed by atoms with Crippen molar-refractivity contribution in [2.45, 2.75) is 50.0 Å². The van der Waals surface area contributed by atoms with E-state index in [4.69, 9.17) is 26.8 Å². The molecule has 0 radical (unpaired) electrons. The minimum absolute atomic E-state index is 0.115. The molecule has 2 fully saturated rings. The van der Waals surface area contributed by atoms with E-state index >= 15 is 0 Å². The number of halogens is 1. The van der Waals surface area contributed by atoms with Crippen LogP contribution in [0.5, 0.6) is 11.5 Å². The standard InChI is InChI=1S/C16H22ClNO2/c1-19-15-13(17)8-11(16(10-18)6-7-16)9-14(15)20-12-4-2-3-5-12/h8-9,12H,2-7,10,18H2,1H3. The molecule has 20 heavy (non-hydrogen) atoms. The molecule has 0 aliphatic heterocycles. The van der Waals surface area contributed by atoms with E-state index in [1.165, 1.54) is 18.4 Å². The molecule has 0 heterocycles. The maximum Gasteiger partial charge on any atom is 0.179 e. The fourth-order valence-corrected chi connectivity index (χ4v) is 3.40. The fourth-order valence-electron chi connectivity index (χ4n) is 3.11. The van der Waals surface area contributed by atoms with Crippen LogP contribution in [0.25, 0.3) is 0 Å². The van der Waals surface area contributed by atoms with Crippen LogP contribution in [0, 0.1) is 0 Å². The van der Waals surface area contributed by atoms with E-state index in [-0.39, 0.29) is 5.41 Å². The average molecular weight is 296 g/mol. The van der Waals surface area contributed by atoms with Gasteiger partial charge in [0.25, 0.3) is 0 Å². The molecule has 0 aromatic heterocycles. The summed E-state index contributed by atoms with van der Waals surface area (Å²) in [5, 5.41) is 0.623. The predicted molar refractivity (Wildman–Crippen MR) is 80.9 cm³/mol. The average Bonchev–Trinajstić information content (AvgIpc) is 3.09. The highest BCUT2D eigenvalue weighted by molar-refractivity contribution is 6.32. The number of methoxy groups -OCH3 is 1. The Hall–Kier alpha value is -0.930. The quantitative estimate of drug-likeness (QED) is 0.901. The Kier molecular flexibility index (Phi) is 3.83. The first kappa shape index (κ1) is 14.0. The van der Waals surface area contributed by atoms with Crippen LogP contribution in [0.4, 0.5) is 0 Å². The first-order valence-electron chi connectivity index (χ1n) is 7.43. The van der Waals surface area contributed by atoms with Gasteiger partial charge in [0.15, 0.2) is 11.5 Å². The Morgan fingerprint density at radius 2 is 2.00 bits per heavy atom. The smallest absolute Gasteiger partial charge is 0.179 e. The molecule has 110 valence electrons. The van der Waals surface area contributed by atoms with Crippen LogP contribution in [-0.2, 0) is 5.41 Å². The van der Waals surface area contributed by atoms with Crippen molar-refractivity contribution in [1.82, 2.24) is 0 Å². The van der Waals surface area contributed by atoms with Crippen molar-refractivity contribution in [2.24, 2.45) is 5.73 Å². The van der Waals surface area contributed by atoms with Gasteiger partial charge in [-0.2, -0.15) is 0 Å². The number of hydrogen-bond acceptors (Lipinski definition) is 3. The Labute approximate surface area is 125 Å². The lowest BCUT2D eigenvalue weighted by Crippen LogP contribution is -2.20. The first-order chi connectivity index (χ1) is 9.68. The van der Waals surface area contributed by atoms with Crippen molar-refractivity contribution in [3.8, 4) is 11.5 Å². The van der Waals surface area contributed by atoms with Crippen molar-refractivity contribution < 1.29 is 9.47 Å². The van der Waals surface area contributed by atoms with Gasteiger partial charge in [-0.05, 0) is 56.2 Å². The molecule has 0 unspecified atom stereocenters. The summed E-state index contributed by atoms with van der Waals surface area (Å²) in [7, 11) is 1.64. The largest absolute Gasteiger partial charge is 0.491 e. The van der Waals surface area contributed by atoms with E-state index in [9.17, 15) is 0 Å². The minimum atomic E-state index is 0.115. The lowest BCUT2D eigenvalue weighted by Gasteiger charge is -2.20. The number of ether oxygens (including phenoxy) is 2. The highest BCUT2D eigenvalue weighted by Gasteiger charge is 2.43. The Morgan fingerprint density at radius 1 is 1.30 bits per heavy atom. The van der Waals surface area contributed by atoms with Crippen molar-refractivity contribution in [3.05, 3.63) is 22.7 Å². The summed E-state index contributed by atoms with van der Waals surface area (Å²) in [5.41, 5.74) is 7.23. The summed E-state index contributed by atoms with van der Waals surface area (Å²) in [4.78, 5) is 0. The van der Waals surface area contributed by atoms with Gasteiger partial charge in [-0.3, -0.25) is 0 Å². The van der Waals surface area contributed by atoms with Crippen LogP contribution in [0.2, 0.25) is 5.02 Å². The molecule has 2 aliphatic rings. The second kappa shape index (κ2) is 5.45. The van der Waals surface area contributed by atoms with E-state index in [1.807, 2.05) is 6.07 Å². The SMILES string of the molecule is COc1c(Cl)cc(C2(CN)CC2)cc1OC1CCCC1. The monoisotopic (exact) mass is 295 g/mol. The zero-order chi connectivity index (χ0) is 14.2. The fraction of sp³-hybridized carbons (Fsp3) is 0.625. The molecule has 3 nitrogen and oxygen atoms in total. The summed E-state index contributed by atoms with van der Waals surface area (Å²) >= 11 is 6.37. The van der Waals surface area contributed by atoms with Gasteiger partial charge in [-0.1, -0.05) is 11.6 Å². The Balaban J connectivity index is 1.92. The Morgan fingerprint density at radius 3 is 2.55 bits per heavy atom. The number of hydrogen-bond donors (Lipinski definition) is 1. The highest BCUT2D eigenvalue weighted by atomic mass is 35.5. The number of rotatable bonds is 5. The van der Waals surface area contributed by atoms with Crippen LogP contribution in [0.3, 0.4) is 0 Å². The third-order valence-electron chi connectivity index (χ3n) is 4.67. The molecule has 0 bridgehead atoms. The third kappa shape index (κ3) is 2.49. The lowest BCUT2D eigenvalue weighted by atomic mass is 9.95. The molecule has 0 spiro atoms. The molecule has 1 aromatic carbocycles. The van der Waals surface area contributed by atoms with Gasteiger partial charge >= 0.3 is 0 Å². The summed E-state index contributed by atoms with van der Waals surface area (Å²) < 4.78 is 11.6. The van der Waals surface area contributed by atoms with Gasteiger partial charge < -0.3 is 15.2 Å². The van der Waals surface area contributed by atoms with Gasteiger partial charge in [0.2, 0.25) is 0 Å². The molecular formula is C16H22ClNO2. The lowest BCUT2D eigenvalue weighted by molar-refractivity contribution is 0.200. The summed E-state index contributed by atoms with van der Waals surface area (Å²) in [6.45, 7) is 0.665. The van der Waals surface area contributed by atoms with Gasteiger partial charge in [0.05, 0.1) is 18.2 Å². The van der Waals surface area contributed by atoms with E-state index < -0.39 is 0 Å². The second-order valence-corrected chi connectivity index (χ2v) is 6.41. The van der Waals surface area contributed by atoms with Gasteiger partial charge in [-0.15, -0.1) is 0 Å². The molecule has 4 heteroatoms. The maximum absolute atomic E-state index is 6.37. The molecule has 0 atom stereocenters. The highest BCUT2D eigenvalue weighted by Crippen LogP contribution is 2.51. The third-order valence-corrected chi connectivity index (χ3v) is 4.95. The van der Waals surface area contributed by atoms with E-state index in [2.05, 4.69) is 6.07 Å². The molecule has 1 aromatic rings. The number of benzene rings is 1. The van der Waals surface area contributed by atoms with E-state index in [0.717, 1.165) is 31.4 Å².